The average molecular weight is 446 g/mol. The number of ether oxygens (including phenoxy) is 2. The minimum absolute atomic E-state index is 0.0394. The maximum Gasteiger partial charge on any atom is 0.501 e. The fraction of sp³-hybridized carbons (Fsp3) is 0.222. The number of alkyl halides is 3. The molecule has 3 N–H and O–H groups in total. The number of primary amides is 1. The standard InChI is InChI=1S/C18H17F3N2O6S/c1-28-15-7-6-13(30(26,27)18(19,20)21)9-14(15)23-17(25)10-29-12-4-2-11(3-5-12)8-16(22)24/h2-7,9H,8,10H2,1H3,(H2,22,24)(H,23,25). The van der Waals surface area contributed by atoms with Crippen molar-refractivity contribution in [1.29, 1.82) is 0 Å². The van der Waals surface area contributed by atoms with E-state index in [-0.39, 0.29) is 17.9 Å². The first-order chi connectivity index (χ1) is 13.9. The molecule has 12 heteroatoms. The molecule has 162 valence electrons. The van der Waals surface area contributed by atoms with Crippen molar-refractivity contribution in [2.45, 2.75) is 16.8 Å². The molecule has 8 nitrogen and oxygen atoms in total. The predicted octanol–water partition coefficient (Wildman–Crippen LogP) is 2.03. The lowest BCUT2D eigenvalue weighted by molar-refractivity contribution is -0.118. The van der Waals surface area contributed by atoms with E-state index in [2.05, 4.69) is 5.32 Å². The van der Waals surface area contributed by atoms with Crippen molar-refractivity contribution in [2.24, 2.45) is 5.73 Å². The number of nitrogens with two attached hydrogens (primary N) is 1. The van der Waals surface area contributed by atoms with Crippen molar-refractivity contribution in [1.82, 2.24) is 0 Å². The minimum atomic E-state index is -5.60. The number of methoxy groups -OCH3 is 1. The molecule has 30 heavy (non-hydrogen) atoms. The second-order valence-electron chi connectivity index (χ2n) is 5.94. The maximum absolute atomic E-state index is 12.8. The molecule has 0 aromatic heterocycles. The Kier molecular flexibility index (Phi) is 6.92. The molecule has 0 aliphatic heterocycles. The van der Waals surface area contributed by atoms with Gasteiger partial charge in [-0.25, -0.2) is 8.42 Å². The SMILES string of the molecule is COc1ccc(S(=O)(=O)C(F)(F)F)cc1NC(=O)COc1ccc(CC(N)=O)cc1. The lowest BCUT2D eigenvalue weighted by atomic mass is 10.1. The molecule has 2 aromatic carbocycles. The van der Waals surface area contributed by atoms with Gasteiger partial charge in [-0.1, -0.05) is 12.1 Å². The Morgan fingerprint density at radius 3 is 2.27 bits per heavy atom. The van der Waals surface area contributed by atoms with Gasteiger partial charge in [0.25, 0.3) is 15.7 Å². The van der Waals surface area contributed by atoms with Crippen LogP contribution < -0.4 is 20.5 Å². The van der Waals surface area contributed by atoms with E-state index in [0.717, 1.165) is 12.1 Å². The molecular weight excluding hydrogens is 429 g/mol. The van der Waals surface area contributed by atoms with E-state index in [1.54, 1.807) is 12.1 Å². The average Bonchev–Trinajstić information content (AvgIpc) is 2.66. The van der Waals surface area contributed by atoms with Gasteiger partial charge in [0.15, 0.2) is 6.61 Å². The molecule has 0 spiro atoms. The summed E-state index contributed by atoms with van der Waals surface area (Å²) in [6.07, 6.45) is 0.0394. The fourth-order valence-electron chi connectivity index (χ4n) is 2.33. The fourth-order valence-corrected chi connectivity index (χ4v) is 3.11. The summed E-state index contributed by atoms with van der Waals surface area (Å²) in [5.41, 5.74) is -0.0327. The molecule has 0 saturated heterocycles. The van der Waals surface area contributed by atoms with Crippen molar-refractivity contribution in [3.8, 4) is 11.5 Å². The van der Waals surface area contributed by atoms with Gasteiger partial charge >= 0.3 is 5.51 Å². The van der Waals surface area contributed by atoms with Crippen LogP contribution >= 0.6 is 0 Å². The number of sulfone groups is 1. The highest BCUT2D eigenvalue weighted by Gasteiger charge is 2.47. The van der Waals surface area contributed by atoms with Crippen molar-refractivity contribution in [3.63, 3.8) is 0 Å². The zero-order chi connectivity index (χ0) is 22.5. The molecule has 0 heterocycles. The van der Waals surface area contributed by atoms with Crippen LogP contribution in [0.4, 0.5) is 18.9 Å². The molecule has 0 aliphatic rings. The molecule has 2 rings (SSSR count). The van der Waals surface area contributed by atoms with Crippen LogP contribution in [0.2, 0.25) is 0 Å². The van der Waals surface area contributed by atoms with Crippen LogP contribution in [-0.2, 0) is 25.8 Å². The first-order valence-electron chi connectivity index (χ1n) is 8.23. The van der Waals surface area contributed by atoms with Gasteiger partial charge in [0.1, 0.15) is 11.5 Å². The Balaban J connectivity index is 2.10. The Morgan fingerprint density at radius 2 is 1.73 bits per heavy atom. The largest absolute Gasteiger partial charge is 0.501 e. The number of rotatable bonds is 8. The van der Waals surface area contributed by atoms with E-state index < -0.39 is 38.7 Å². The maximum atomic E-state index is 12.8. The third kappa shape index (κ3) is 5.63. The third-order valence-corrected chi connectivity index (χ3v) is 5.22. The van der Waals surface area contributed by atoms with E-state index in [9.17, 15) is 31.2 Å². The van der Waals surface area contributed by atoms with Crippen LogP contribution in [0.25, 0.3) is 0 Å². The molecule has 0 saturated carbocycles. The van der Waals surface area contributed by atoms with Crippen molar-refractivity contribution >= 4 is 27.3 Å². The van der Waals surface area contributed by atoms with Crippen molar-refractivity contribution in [2.75, 3.05) is 19.0 Å². The van der Waals surface area contributed by atoms with Crippen molar-refractivity contribution in [3.05, 3.63) is 48.0 Å². The van der Waals surface area contributed by atoms with E-state index in [0.29, 0.717) is 17.4 Å². The highest BCUT2D eigenvalue weighted by molar-refractivity contribution is 7.92. The Bertz CT molecular complexity index is 1040. The van der Waals surface area contributed by atoms with Crippen LogP contribution in [0.5, 0.6) is 11.5 Å². The zero-order valence-electron chi connectivity index (χ0n) is 15.5. The van der Waals surface area contributed by atoms with Crippen LogP contribution in [0.15, 0.2) is 47.4 Å². The topological polar surface area (TPSA) is 125 Å². The highest BCUT2D eigenvalue weighted by Crippen LogP contribution is 2.34. The first kappa shape index (κ1) is 23.0. The van der Waals surface area contributed by atoms with Gasteiger partial charge in [0, 0.05) is 0 Å². The minimum Gasteiger partial charge on any atom is -0.495 e. The summed E-state index contributed by atoms with van der Waals surface area (Å²) in [5, 5.41) is 2.25. The van der Waals surface area contributed by atoms with Crippen molar-refractivity contribution < 1.29 is 40.7 Å². The third-order valence-electron chi connectivity index (χ3n) is 3.73. The van der Waals surface area contributed by atoms with Gasteiger partial charge < -0.3 is 20.5 Å². The van der Waals surface area contributed by atoms with E-state index in [1.807, 2.05) is 0 Å². The summed E-state index contributed by atoms with van der Waals surface area (Å²) in [6, 6.07) is 8.52. The normalized spacial score (nSPS) is 11.6. The van der Waals surface area contributed by atoms with Crippen LogP contribution in [0, 0.1) is 0 Å². The second-order valence-corrected chi connectivity index (χ2v) is 7.88. The summed E-state index contributed by atoms with van der Waals surface area (Å²) in [5.74, 6) is -1.03. The van der Waals surface area contributed by atoms with E-state index in [4.69, 9.17) is 15.2 Å². The monoisotopic (exact) mass is 446 g/mol. The number of benzene rings is 2. The molecule has 0 bridgehead atoms. The van der Waals surface area contributed by atoms with Gasteiger partial charge in [-0.3, -0.25) is 9.59 Å². The van der Waals surface area contributed by atoms with Gasteiger partial charge in [-0.15, -0.1) is 0 Å². The molecule has 2 amide bonds. The number of carbonyl (C=O) groups excluding carboxylic acids is 2. The lowest BCUT2D eigenvalue weighted by Crippen LogP contribution is -2.24. The number of hydrogen-bond donors (Lipinski definition) is 2. The molecule has 2 aromatic rings. The number of anilines is 1. The lowest BCUT2D eigenvalue weighted by Gasteiger charge is -2.14. The molecular formula is C18H17F3N2O6S. The summed E-state index contributed by atoms with van der Waals surface area (Å²) >= 11 is 0. The number of amides is 2. The van der Waals surface area contributed by atoms with Crippen LogP contribution in [-0.4, -0.2) is 39.5 Å². The molecule has 0 fully saturated rings. The highest BCUT2D eigenvalue weighted by atomic mass is 32.2. The Hall–Kier alpha value is -3.28. The summed E-state index contributed by atoms with van der Waals surface area (Å²) < 4.78 is 71.6. The summed E-state index contributed by atoms with van der Waals surface area (Å²) in [6.45, 7) is -0.519. The molecule has 0 radical (unpaired) electrons. The van der Waals surface area contributed by atoms with E-state index in [1.165, 1.54) is 19.2 Å². The smallest absolute Gasteiger partial charge is 0.495 e. The first-order valence-corrected chi connectivity index (χ1v) is 9.71. The zero-order valence-corrected chi connectivity index (χ0v) is 16.3. The van der Waals surface area contributed by atoms with Gasteiger partial charge in [-0.2, -0.15) is 13.2 Å². The second kappa shape index (κ2) is 9.03. The predicted molar refractivity (Wildman–Crippen MR) is 99.7 cm³/mol. The van der Waals surface area contributed by atoms with Crippen LogP contribution in [0.3, 0.4) is 0 Å². The van der Waals surface area contributed by atoms with Gasteiger partial charge in [0.2, 0.25) is 5.91 Å². The number of nitrogens with one attached hydrogen (secondary N) is 1. The Morgan fingerprint density at radius 1 is 1.10 bits per heavy atom. The molecule has 0 atom stereocenters. The van der Waals surface area contributed by atoms with E-state index >= 15 is 0 Å². The molecule has 0 unspecified atom stereocenters. The number of halogens is 3. The van der Waals surface area contributed by atoms with Gasteiger partial charge in [0.05, 0.1) is 24.1 Å². The number of hydrogen-bond acceptors (Lipinski definition) is 6. The molecule has 0 aliphatic carbocycles. The number of carbonyl (C=O) groups is 2. The Labute approximate surface area is 169 Å². The quantitative estimate of drug-likeness (QED) is 0.639. The van der Waals surface area contributed by atoms with Gasteiger partial charge in [-0.05, 0) is 35.9 Å². The summed E-state index contributed by atoms with van der Waals surface area (Å²) in [4.78, 5) is 21.9. The summed E-state index contributed by atoms with van der Waals surface area (Å²) in [7, 11) is -4.40. The van der Waals surface area contributed by atoms with Crippen LogP contribution in [0.1, 0.15) is 5.56 Å².